The van der Waals surface area contributed by atoms with E-state index in [2.05, 4.69) is 15.6 Å². The molecule has 0 unspecified atom stereocenters. The smallest absolute Gasteiger partial charge is 0.301 e. The molecule has 0 spiro atoms. The minimum Gasteiger partial charge on any atom is -0.505 e. The molecule has 2 aromatic rings. The monoisotopic (exact) mass is 417 g/mol. The predicted molar refractivity (Wildman–Crippen MR) is 106 cm³/mol. The van der Waals surface area contributed by atoms with E-state index < -0.39 is 37.0 Å². The summed E-state index contributed by atoms with van der Waals surface area (Å²) in [6.07, 6.45) is 0.803. The van der Waals surface area contributed by atoms with Crippen LogP contribution in [0.15, 0.2) is 57.6 Å². The Balaban J connectivity index is 1.95. The first-order valence-corrected chi connectivity index (χ1v) is 9.99. The number of carbonyl (C=O) groups excluding carboxylic acids is 1. The van der Waals surface area contributed by atoms with Crippen molar-refractivity contribution in [3.63, 3.8) is 0 Å². The van der Waals surface area contributed by atoms with E-state index in [9.17, 15) is 28.4 Å². The third-order valence-electron chi connectivity index (χ3n) is 3.95. The van der Waals surface area contributed by atoms with E-state index in [0.717, 1.165) is 17.3 Å². The molecule has 1 aliphatic heterocycles. The summed E-state index contributed by atoms with van der Waals surface area (Å²) in [5.74, 6) is -1.14. The molecule has 0 aliphatic carbocycles. The number of phenols is 1. The highest BCUT2D eigenvalue weighted by Gasteiger charge is 2.31. The lowest BCUT2D eigenvalue weighted by molar-refractivity contribution is -0.387. The van der Waals surface area contributed by atoms with E-state index in [1.54, 1.807) is 37.3 Å². The number of para-hydroxylation sites is 1. The van der Waals surface area contributed by atoms with Crippen molar-refractivity contribution in [1.82, 2.24) is 0 Å². The lowest BCUT2D eigenvalue weighted by atomic mass is 10.2. The Hall–Kier alpha value is -3.80. The average Bonchev–Trinajstić information content (AvgIpc) is 2.94. The van der Waals surface area contributed by atoms with E-state index in [1.807, 2.05) is 0 Å². The molecular weight excluding hydrogens is 402 g/mol. The van der Waals surface area contributed by atoms with Crippen molar-refractivity contribution in [1.29, 1.82) is 0 Å². The van der Waals surface area contributed by atoms with Gasteiger partial charge in [-0.2, -0.15) is 15.2 Å². The Morgan fingerprint density at radius 2 is 1.90 bits per heavy atom. The zero-order chi connectivity index (χ0) is 21.3. The van der Waals surface area contributed by atoms with Crippen molar-refractivity contribution in [3.8, 4) is 5.75 Å². The summed E-state index contributed by atoms with van der Waals surface area (Å²) in [5.41, 5.74) is 2.15. The van der Waals surface area contributed by atoms with Crippen LogP contribution in [-0.2, 0) is 14.6 Å². The molecule has 2 aromatic carbocycles. The molecule has 29 heavy (non-hydrogen) atoms. The number of rotatable bonds is 5. The number of nitrogens with one attached hydrogen (secondary N) is 1. The second-order valence-electron chi connectivity index (χ2n) is 6.08. The quantitative estimate of drug-likeness (QED) is 0.427. The van der Waals surface area contributed by atoms with E-state index in [4.69, 9.17) is 0 Å². The highest BCUT2D eigenvalue weighted by molar-refractivity contribution is 7.90. The number of nitrogens with zero attached hydrogens (tertiary/aromatic N) is 4. The molecule has 2 N–H and O–H groups in total. The number of benzene rings is 2. The van der Waals surface area contributed by atoms with Crippen molar-refractivity contribution in [2.45, 2.75) is 11.8 Å². The van der Waals surface area contributed by atoms with Crippen LogP contribution >= 0.6 is 0 Å². The topological polar surface area (TPSA) is 155 Å². The van der Waals surface area contributed by atoms with Crippen molar-refractivity contribution < 1.29 is 23.2 Å². The first-order chi connectivity index (χ1) is 13.6. The molecule has 150 valence electrons. The Morgan fingerprint density at radius 3 is 2.48 bits per heavy atom. The minimum atomic E-state index is -3.96. The highest BCUT2D eigenvalue weighted by Crippen LogP contribution is 2.34. The second-order valence-corrected chi connectivity index (χ2v) is 8.06. The van der Waals surface area contributed by atoms with Crippen LogP contribution in [-0.4, -0.2) is 42.0 Å². The van der Waals surface area contributed by atoms with E-state index >= 15 is 0 Å². The first kappa shape index (κ1) is 19.9. The van der Waals surface area contributed by atoms with Gasteiger partial charge in [-0.05, 0) is 25.1 Å². The van der Waals surface area contributed by atoms with Gasteiger partial charge in [0.15, 0.2) is 15.5 Å². The van der Waals surface area contributed by atoms with Gasteiger partial charge in [0.2, 0.25) is 0 Å². The lowest BCUT2D eigenvalue weighted by Gasteiger charge is -2.11. The number of sulfone groups is 1. The molecular formula is C17H15N5O6S. The molecule has 1 aliphatic rings. The fourth-order valence-corrected chi connectivity index (χ4v) is 3.42. The van der Waals surface area contributed by atoms with Gasteiger partial charge < -0.3 is 5.11 Å². The van der Waals surface area contributed by atoms with E-state index in [-0.39, 0.29) is 17.1 Å². The average molecular weight is 417 g/mol. The first-order valence-electron chi connectivity index (χ1n) is 8.10. The number of nitro benzene ring substituents is 1. The van der Waals surface area contributed by atoms with Crippen molar-refractivity contribution in [3.05, 3.63) is 52.6 Å². The van der Waals surface area contributed by atoms with Gasteiger partial charge in [0, 0.05) is 6.26 Å². The fraction of sp³-hybridized carbons (Fsp3) is 0.118. The number of nitro groups is 1. The minimum absolute atomic E-state index is 0.0625. The molecule has 0 fully saturated rings. The predicted octanol–water partition coefficient (Wildman–Crippen LogP) is 1.89. The molecule has 1 heterocycles. The summed E-state index contributed by atoms with van der Waals surface area (Å²) in [7, 11) is -3.96. The maximum atomic E-state index is 12.6. The standard InChI is InChI=1S/C17H15N5O6S/c1-10-16(17(24)21(20-10)11-6-4-3-5-7-11)19-18-12-8-15(29(2,27)28)13(22(25)26)9-14(12)23/h3-9,18,23H,1-2H3. The van der Waals surface area contributed by atoms with Crippen molar-refractivity contribution in [2.24, 2.45) is 10.2 Å². The summed E-state index contributed by atoms with van der Waals surface area (Å²) in [6.45, 7) is 1.55. The number of aromatic hydroxyl groups is 1. The van der Waals surface area contributed by atoms with Gasteiger partial charge >= 0.3 is 5.91 Å². The largest absolute Gasteiger partial charge is 0.505 e. The van der Waals surface area contributed by atoms with Gasteiger partial charge in [0.25, 0.3) is 5.69 Å². The number of amides is 1. The molecule has 0 radical (unpaired) electrons. The summed E-state index contributed by atoms with van der Waals surface area (Å²) in [4.78, 5) is 22.1. The SMILES string of the molecule is CC1=NN(c2ccccc2)C(=O)C1=NNc1cc(S(C)(=O)=O)c([N+](=O)[O-])cc1O. The van der Waals surface area contributed by atoms with Gasteiger partial charge in [0.1, 0.15) is 10.6 Å². The van der Waals surface area contributed by atoms with Crippen LogP contribution in [0.2, 0.25) is 0 Å². The van der Waals surface area contributed by atoms with Gasteiger partial charge in [-0.3, -0.25) is 20.3 Å². The molecule has 0 saturated heterocycles. The molecule has 0 atom stereocenters. The van der Waals surface area contributed by atoms with Crippen molar-refractivity contribution in [2.75, 3.05) is 16.7 Å². The third kappa shape index (κ3) is 3.91. The Morgan fingerprint density at radius 1 is 1.24 bits per heavy atom. The van der Waals surface area contributed by atoms with E-state index in [0.29, 0.717) is 11.8 Å². The number of hydrogen-bond acceptors (Lipinski definition) is 9. The summed E-state index contributed by atoms with van der Waals surface area (Å²) in [5, 5.41) is 30.3. The Kier molecular flexibility index (Phi) is 5.03. The van der Waals surface area contributed by atoms with Crippen LogP contribution in [0.5, 0.6) is 5.75 Å². The maximum absolute atomic E-state index is 12.6. The van der Waals surface area contributed by atoms with Crippen LogP contribution in [0.1, 0.15) is 6.92 Å². The molecule has 11 nitrogen and oxygen atoms in total. The zero-order valence-electron chi connectivity index (χ0n) is 15.2. The Labute approximate surface area is 165 Å². The lowest BCUT2D eigenvalue weighted by Crippen LogP contribution is -2.27. The molecule has 0 aromatic heterocycles. The van der Waals surface area contributed by atoms with Gasteiger partial charge in [0.05, 0.1) is 28.1 Å². The van der Waals surface area contributed by atoms with Crippen LogP contribution < -0.4 is 10.4 Å². The molecule has 12 heteroatoms. The molecule has 3 rings (SSSR count). The van der Waals surface area contributed by atoms with E-state index in [1.165, 1.54) is 0 Å². The van der Waals surface area contributed by atoms with Crippen LogP contribution in [0, 0.1) is 10.1 Å². The summed E-state index contributed by atoms with van der Waals surface area (Å²) < 4.78 is 23.7. The van der Waals surface area contributed by atoms with Crippen LogP contribution in [0.25, 0.3) is 0 Å². The molecule has 1 amide bonds. The fourth-order valence-electron chi connectivity index (χ4n) is 2.57. The number of anilines is 2. The number of hydrogen-bond donors (Lipinski definition) is 2. The number of phenolic OH excluding ortho intramolecular Hbond substituents is 1. The van der Waals surface area contributed by atoms with Gasteiger partial charge in [-0.25, -0.2) is 8.42 Å². The van der Waals surface area contributed by atoms with Crippen molar-refractivity contribution >= 4 is 44.2 Å². The normalized spacial score (nSPS) is 15.5. The highest BCUT2D eigenvalue weighted by atomic mass is 32.2. The number of carbonyl (C=O) groups is 1. The second kappa shape index (κ2) is 7.31. The summed E-state index contributed by atoms with van der Waals surface area (Å²) >= 11 is 0. The third-order valence-corrected chi connectivity index (χ3v) is 5.08. The maximum Gasteiger partial charge on any atom is 0.301 e. The van der Waals surface area contributed by atoms with Gasteiger partial charge in [-0.15, -0.1) is 0 Å². The van der Waals surface area contributed by atoms with Crippen LogP contribution in [0.3, 0.4) is 0 Å². The van der Waals surface area contributed by atoms with Gasteiger partial charge in [-0.1, -0.05) is 18.2 Å². The van der Waals surface area contributed by atoms with Crippen LogP contribution in [0.4, 0.5) is 17.1 Å². The Bertz CT molecular complexity index is 1170. The molecule has 0 saturated carbocycles. The number of hydrazone groups is 2. The molecule has 0 bridgehead atoms. The zero-order valence-corrected chi connectivity index (χ0v) is 16.0. The summed E-state index contributed by atoms with van der Waals surface area (Å²) in [6, 6.07) is 10.2.